The SMILES string of the molecule is O=C(Nc1cccc(C(F)(F)F)c1)NC1CCN(Cc2ccncc2)CC1. The van der Waals surface area contributed by atoms with Crippen LogP contribution in [0.2, 0.25) is 0 Å². The number of halogens is 3. The predicted molar refractivity (Wildman–Crippen MR) is 96.1 cm³/mol. The Morgan fingerprint density at radius 2 is 1.85 bits per heavy atom. The number of urea groups is 1. The number of nitrogens with zero attached hydrogens (tertiary/aromatic N) is 2. The molecule has 1 aromatic carbocycles. The first kappa shape index (κ1) is 19.2. The standard InChI is InChI=1S/C19H21F3N4O/c20-19(21,22)15-2-1-3-17(12-15)25-18(27)24-16-6-10-26(11-7-16)13-14-4-8-23-9-5-14/h1-5,8-9,12,16H,6-7,10-11,13H2,(H2,24,25,27). The van der Waals surface area contributed by atoms with E-state index in [1.54, 1.807) is 12.4 Å². The van der Waals surface area contributed by atoms with Gasteiger partial charge in [0, 0.05) is 43.8 Å². The van der Waals surface area contributed by atoms with Gasteiger partial charge in [-0.05, 0) is 48.7 Å². The number of anilines is 1. The van der Waals surface area contributed by atoms with Crippen LogP contribution in [0.1, 0.15) is 24.0 Å². The Kier molecular flexibility index (Phi) is 5.95. The lowest BCUT2D eigenvalue weighted by Gasteiger charge is -2.32. The van der Waals surface area contributed by atoms with Crippen LogP contribution in [0.3, 0.4) is 0 Å². The number of aromatic nitrogens is 1. The minimum atomic E-state index is -4.43. The fraction of sp³-hybridized carbons (Fsp3) is 0.368. The highest BCUT2D eigenvalue weighted by Gasteiger charge is 2.30. The molecule has 2 N–H and O–H groups in total. The van der Waals surface area contributed by atoms with Gasteiger partial charge in [-0.2, -0.15) is 13.2 Å². The van der Waals surface area contributed by atoms with E-state index in [1.807, 2.05) is 12.1 Å². The molecule has 1 aromatic heterocycles. The van der Waals surface area contributed by atoms with E-state index in [-0.39, 0.29) is 11.7 Å². The smallest absolute Gasteiger partial charge is 0.335 e. The molecule has 1 fully saturated rings. The number of carbonyl (C=O) groups is 1. The Morgan fingerprint density at radius 3 is 2.52 bits per heavy atom. The van der Waals surface area contributed by atoms with E-state index in [9.17, 15) is 18.0 Å². The summed E-state index contributed by atoms with van der Waals surface area (Å²) in [6.45, 7) is 2.53. The molecule has 0 bridgehead atoms. The van der Waals surface area contributed by atoms with E-state index < -0.39 is 17.8 Å². The number of rotatable bonds is 4. The van der Waals surface area contributed by atoms with E-state index in [1.165, 1.54) is 17.7 Å². The molecule has 8 heteroatoms. The van der Waals surface area contributed by atoms with Crippen LogP contribution in [-0.4, -0.2) is 35.0 Å². The molecule has 1 saturated heterocycles. The van der Waals surface area contributed by atoms with Crippen molar-refractivity contribution >= 4 is 11.7 Å². The second kappa shape index (κ2) is 8.39. The number of hydrogen-bond acceptors (Lipinski definition) is 3. The fourth-order valence-electron chi connectivity index (χ4n) is 3.11. The Morgan fingerprint density at radius 1 is 1.15 bits per heavy atom. The fourth-order valence-corrected chi connectivity index (χ4v) is 3.11. The van der Waals surface area contributed by atoms with Crippen molar-refractivity contribution in [2.75, 3.05) is 18.4 Å². The highest BCUT2D eigenvalue weighted by Crippen LogP contribution is 2.30. The molecule has 144 valence electrons. The molecule has 0 unspecified atom stereocenters. The molecule has 0 radical (unpaired) electrons. The maximum Gasteiger partial charge on any atom is 0.416 e. The van der Waals surface area contributed by atoms with E-state index in [2.05, 4.69) is 20.5 Å². The Bertz CT molecular complexity index is 759. The van der Waals surface area contributed by atoms with Crippen LogP contribution >= 0.6 is 0 Å². The van der Waals surface area contributed by atoms with Gasteiger partial charge in [-0.3, -0.25) is 9.88 Å². The van der Waals surface area contributed by atoms with Crippen LogP contribution in [0.25, 0.3) is 0 Å². The third kappa shape index (κ3) is 5.68. The largest absolute Gasteiger partial charge is 0.416 e. The number of alkyl halides is 3. The first-order valence-electron chi connectivity index (χ1n) is 8.76. The minimum absolute atomic E-state index is 0.00416. The van der Waals surface area contributed by atoms with E-state index in [0.717, 1.165) is 44.6 Å². The molecule has 1 aliphatic heterocycles. The average Bonchev–Trinajstić information content (AvgIpc) is 2.64. The van der Waals surface area contributed by atoms with Gasteiger partial charge < -0.3 is 10.6 Å². The molecular formula is C19H21F3N4O. The van der Waals surface area contributed by atoms with Gasteiger partial charge in [0.2, 0.25) is 0 Å². The minimum Gasteiger partial charge on any atom is -0.335 e. The summed E-state index contributed by atoms with van der Waals surface area (Å²) in [6.07, 6.45) is 0.682. The summed E-state index contributed by atoms with van der Waals surface area (Å²) in [5, 5.41) is 5.32. The van der Waals surface area contributed by atoms with Gasteiger partial charge in [0.05, 0.1) is 5.56 Å². The molecular weight excluding hydrogens is 357 g/mol. The molecule has 1 aliphatic rings. The maximum absolute atomic E-state index is 12.7. The summed E-state index contributed by atoms with van der Waals surface area (Å²) in [6, 6.07) is 8.09. The van der Waals surface area contributed by atoms with Crippen molar-refractivity contribution in [2.45, 2.75) is 31.6 Å². The molecule has 2 aromatic rings. The van der Waals surface area contributed by atoms with Crippen molar-refractivity contribution in [3.05, 3.63) is 59.9 Å². The summed E-state index contributed by atoms with van der Waals surface area (Å²) >= 11 is 0. The van der Waals surface area contributed by atoms with Gasteiger partial charge in [0.1, 0.15) is 0 Å². The molecule has 2 heterocycles. The second-order valence-corrected chi connectivity index (χ2v) is 6.58. The van der Waals surface area contributed by atoms with E-state index in [0.29, 0.717) is 0 Å². The molecule has 5 nitrogen and oxygen atoms in total. The van der Waals surface area contributed by atoms with E-state index in [4.69, 9.17) is 0 Å². The zero-order chi connectivity index (χ0) is 19.3. The van der Waals surface area contributed by atoms with Crippen molar-refractivity contribution in [3.8, 4) is 0 Å². The van der Waals surface area contributed by atoms with Crippen LogP contribution < -0.4 is 10.6 Å². The summed E-state index contributed by atoms with van der Waals surface area (Å²) in [7, 11) is 0. The zero-order valence-electron chi connectivity index (χ0n) is 14.7. The van der Waals surface area contributed by atoms with E-state index >= 15 is 0 Å². The number of likely N-dealkylation sites (tertiary alicyclic amines) is 1. The van der Waals surface area contributed by atoms with Gasteiger partial charge >= 0.3 is 12.2 Å². The molecule has 0 spiro atoms. The van der Waals surface area contributed by atoms with Crippen LogP contribution in [0.5, 0.6) is 0 Å². The third-order valence-electron chi connectivity index (χ3n) is 4.53. The molecule has 0 aliphatic carbocycles. The first-order valence-corrected chi connectivity index (χ1v) is 8.76. The Balaban J connectivity index is 1.46. The maximum atomic E-state index is 12.7. The zero-order valence-corrected chi connectivity index (χ0v) is 14.7. The molecule has 0 atom stereocenters. The number of hydrogen-bond donors (Lipinski definition) is 2. The lowest BCUT2D eigenvalue weighted by Crippen LogP contribution is -2.45. The number of benzene rings is 1. The second-order valence-electron chi connectivity index (χ2n) is 6.58. The topological polar surface area (TPSA) is 57.3 Å². The number of nitrogens with one attached hydrogen (secondary N) is 2. The Hall–Kier alpha value is -2.61. The molecule has 0 saturated carbocycles. The number of carbonyl (C=O) groups excluding carboxylic acids is 1. The van der Waals surface area contributed by atoms with Gasteiger partial charge in [0.25, 0.3) is 0 Å². The molecule has 3 rings (SSSR count). The van der Waals surface area contributed by atoms with Crippen LogP contribution in [0, 0.1) is 0 Å². The van der Waals surface area contributed by atoms with Crippen molar-refractivity contribution in [3.63, 3.8) is 0 Å². The van der Waals surface area contributed by atoms with Crippen LogP contribution in [-0.2, 0) is 12.7 Å². The van der Waals surface area contributed by atoms with Gasteiger partial charge in [-0.1, -0.05) is 6.07 Å². The quantitative estimate of drug-likeness (QED) is 0.849. The van der Waals surface area contributed by atoms with Gasteiger partial charge in [-0.15, -0.1) is 0 Å². The average molecular weight is 378 g/mol. The summed E-state index contributed by atoms with van der Waals surface area (Å²) < 4.78 is 38.2. The lowest BCUT2D eigenvalue weighted by atomic mass is 10.0. The van der Waals surface area contributed by atoms with Crippen molar-refractivity contribution in [2.24, 2.45) is 0 Å². The van der Waals surface area contributed by atoms with Gasteiger partial charge in [0.15, 0.2) is 0 Å². The summed E-state index contributed by atoms with van der Waals surface area (Å²) in [5.74, 6) is 0. The first-order chi connectivity index (χ1) is 12.9. The van der Waals surface area contributed by atoms with Gasteiger partial charge in [-0.25, -0.2) is 4.79 Å². The number of pyridine rings is 1. The summed E-state index contributed by atoms with van der Waals surface area (Å²) in [4.78, 5) is 18.4. The van der Waals surface area contributed by atoms with Crippen molar-refractivity contribution in [1.29, 1.82) is 0 Å². The monoisotopic (exact) mass is 378 g/mol. The number of piperidine rings is 1. The third-order valence-corrected chi connectivity index (χ3v) is 4.53. The van der Waals surface area contributed by atoms with Crippen molar-refractivity contribution < 1.29 is 18.0 Å². The highest BCUT2D eigenvalue weighted by molar-refractivity contribution is 5.89. The highest BCUT2D eigenvalue weighted by atomic mass is 19.4. The number of amides is 2. The van der Waals surface area contributed by atoms with Crippen LogP contribution in [0.15, 0.2) is 48.8 Å². The molecule has 2 amide bonds. The lowest BCUT2D eigenvalue weighted by molar-refractivity contribution is -0.137. The predicted octanol–water partition coefficient (Wildman–Crippen LogP) is 3.89. The normalized spacial score (nSPS) is 16.1. The van der Waals surface area contributed by atoms with Crippen molar-refractivity contribution in [1.82, 2.24) is 15.2 Å². The van der Waals surface area contributed by atoms with Crippen LogP contribution in [0.4, 0.5) is 23.7 Å². The summed E-state index contributed by atoms with van der Waals surface area (Å²) in [5.41, 5.74) is 0.529. The Labute approximate surface area is 155 Å². The molecule has 27 heavy (non-hydrogen) atoms.